The summed E-state index contributed by atoms with van der Waals surface area (Å²) in [5.74, 6) is 0.0553. The number of anilines is 1. The maximum Gasteiger partial charge on any atom is 0.261 e. The van der Waals surface area contributed by atoms with Gasteiger partial charge in [0.1, 0.15) is 0 Å². The van der Waals surface area contributed by atoms with E-state index in [1.165, 1.54) is 25.7 Å². The molecule has 1 saturated heterocycles. The van der Waals surface area contributed by atoms with E-state index in [2.05, 4.69) is 23.1 Å². The lowest BCUT2D eigenvalue weighted by atomic mass is 9.89. The Hall–Kier alpha value is -3.01. The van der Waals surface area contributed by atoms with E-state index in [0.29, 0.717) is 11.7 Å². The number of hydrogen-bond donors (Lipinski definition) is 2. The van der Waals surface area contributed by atoms with Crippen LogP contribution in [0.1, 0.15) is 61.7 Å². The van der Waals surface area contributed by atoms with Gasteiger partial charge in [0, 0.05) is 36.3 Å². The Morgan fingerprint density at radius 2 is 1.71 bits per heavy atom. The second-order valence-electron chi connectivity index (χ2n) is 11.0. The quantitative estimate of drug-likeness (QED) is 0.264. The topological polar surface area (TPSA) is 88.1 Å². The van der Waals surface area contributed by atoms with Gasteiger partial charge >= 0.3 is 0 Å². The smallest absolute Gasteiger partial charge is 0.261 e. The summed E-state index contributed by atoms with van der Waals surface area (Å²) < 4.78 is 41.9. The highest BCUT2D eigenvalue weighted by molar-refractivity contribution is 7.92. The maximum atomic E-state index is 13.0. The second kappa shape index (κ2) is 13.3. The minimum atomic E-state index is -3.74. The number of ether oxygens (including phenoxy) is 2. The lowest BCUT2D eigenvalue weighted by molar-refractivity contribution is -0.276. The number of hydrogen-bond acceptors (Lipinski definition) is 6. The number of nitrogens with zero attached hydrogens (tertiary/aromatic N) is 1. The highest BCUT2D eigenvalue weighted by Gasteiger charge is 2.40. The van der Waals surface area contributed by atoms with Crippen molar-refractivity contribution in [3.63, 3.8) is 0 Å². The zero-order chi connectivity index (χ0) is 28.8. The van der Waals surface area contributed by atoms with Crippen LogP contribution in [0.2, 0.25) is 0 Å². The average molecular weight is 577 g/mol. The predicted molar refractivity (Wildman–Crippen MR) is 161 cm³/mol. The second-order valence-corrected chi connectivity index (χ2v) is 12.7. The molecular formula is C33H40N2O5S. The monoisotopic (exact) mass is 576 g/mol. The van der Waals surface area contributed by atoms with Crippen LogP contribution in [0.25, 0.3) is 0 Å². The van der Waals surface area contributed by atoms with Gasteiger partial charge in [-0.05, 0) is 48.2 Å². The fraction of sp³-hybridized carbons (Fsp3) is 0.394. The number of nitrogens with one attached hydrogen (secondary N) is 1. The zero-order valence-electron chi connectivity index (χ0n) is 23.6. The number of benzene rings is 3. The van der Waals surface area contributed by atoms with Gasteiger partial charge in [0.05, 0.1) is 23.7 Å². The number of aliphatic hydroxyl groups is 1. The molecule has 2 N–H and O–H groups in total. The molecule has 0 unspecified atom stereocenters. The third kappa shape index (κ3) is 7.08. The molecule has 4 atom stereocenters. The van der Waals surface area contributed by atoms with E-state index in [0.717, 1.165) is 29.8 Å². The summed E-state index contributed by atoms with van der Waals surface area (Å²) in [5, 5.41) is 9.54. The van der Waals surface area contributed by atoms with Crippen molar-refractivity contribution in [3.8, 4) is 0 Å². The standard InChI is InChI=1S/C33H40N2O5S/c1-3-20-35(29-12-7-8-13-29)22-31-24(2)32(26-18-16-25(23-36)17-19-26)40-33(39-31)27-10-9-11-28(21-27)34-41(37,38)30-14-5-4-6-15-30/h3-6,9-11,14-19,21,24,29,31-34,36H,1,7-8,12-13,20,22-23H2,2H3/t24-,31+,32+,33+/m0/s1. The highest BCUT2D eigenvalue weighted by Crippen LogP contribution is 2.42. The Morgan fingerprint density at radius 1 is 0.976 bits per heavy atom. The summed E-state index contributed by atoms with van der Waals surface area (Å²) in [6.45, 7) is 7.71. The third-order valence-electron chi connectivity index (χ3n) is 8.21. The van der Waals surface area contributed by atoms with Crippen molar-refractivity contribution >= 4 is 15.7 Å². The first-order valence-electron chi connectivity index (χ1n) is 14.4. The highest BCUT2D eigenvalue weighted by atomic mass is 32.2. The van der Waals surface area contributed by atoms with Crippen molar-refractivity contribution in [1.29, 1.82) is 0 Å². The van der Waals surface area contributed by atoms with Crippen LogP contribution in [0, 0.1) is 5.92 Å². The molecule has 0 aromatic heterocycles. The van der Waals surface area contributed by atoms with Gasteiger partial charge in [-0.1, -0.05) is 80.4 Å². The van der Waals surface area contributed by atoms with Gasteiger partial charge in [0.15, 0.2) is 6.29 Å². The van der Waals surface area contributed by atoms with E-state index < -0.39 is 16.3 Å². The molecule has 0 amide bonds. The Bertz CT molecular complexity index is 1390. The van der Waals surface area contributed by atoms with Gasteiger partial charge in [-0.25, -0.2) is 8.42 Å². The van der Waals surface area contributed by atoms with E-state index >= 15 is 0 Å². The fourth-order valence-corrected chi connectivity index (χ4v) is 7.00. The predicted octanol–water partition coefficient (Wildman–Crippen LogP) is 6.20. The Labute approximate surface area is 243 Å². The maximum absolute atomic E-state index is 13.0. The van der Waals surface area contributed by atoms with Crippen LogP contribution >= 0.6 is 0 Å². The molecule has 3 aromatic rings. The van der Waals surface area contributed by atoms with Crippen molar-refractivity contribution in [2.24, 2.45) is 5.92 Å². The van der Waals surface area contributed by atoms with Crippen LogP contribution in [0.15, 0.2) is 96.4 Å². The van der Waals surface area contributed by atoms with Gasteiger partial charge in [-0.3, -0.25) is 9.62 Å². The first-order valence-corrected chi connectivity index (χ1v) is 15.9. The molecule has 1 saturated carbocycles. The summed E-state index contributed by atoms with van der Waals surface area (Å²) in [7, 11) is -3.74. The van der Waals surface area contributed by atoms with Crippen molar-refractivity contribution < 1.29 is 23.0 Å². The first kappa shape index (κ1) is 29.5. The van der Waals surface area contributed by atoms with Crippen molar-refractivity contribution in [1.82, 2.24) is 4.90 Å². The molecule has 41 heavy (non-hydrogen) atoms. The summed E-state index contributed by atoms with van der Waals surface area (Å²) in [6, 6.07) is 23.9. The van der Waals surface area contributed by atoms with Gasteiger partial charge in [-0.2, -0.15) is 0 Å². The van der Waals surface area contributed by atoms with Crippen LogP contribution in [-0.2, 0) is 26.1 Å². The van der Waals surface area contributed by atoms with Crippen LogP contribution in [0.5, 0.6) is 0 Å². The molecule has 3 aromatic carbocycles. The van der Waals surface area contributed by atoms with E-state index in [1.54, 1.807) is 42.5 Å². The molecule has 0 spiro atoms. The van der Waals surface area contributed by atoms with Crippen molar-refractivity contribution in [2.45, 2.75) is 68.6 Å². The van der Waals surface area contributed by atoms with E-state index in [1.807, 2.05) is 42.5 Å². The van der Waals surface area contributed by atoms with Gasteiger partial charge in [0.25, 0.3) is 10.0 Å². The Balaban J connectivity index is 1.43. The molecule has 5 rings (SSSR count). The van der Waals surface area contributed by atoms with Gasteiger partial charge < -0.3 is 14.6 Å². The third-order valence-corrected chi connectivity index (χ3v) is 9.60. The lowest BCUT2D eigenvalue weighted by Crippen LogP contribution is -2.47. The van der Waals surface area contributed by atoms with Crippen molar-refractivity contribution in [3.05, 3.63) is 108 Å². The van der Waals surface area contributed by atoms with Crippen LogP contribution in [0.3, 0.4) is 0 Å². The van der Waals surface area contributed by atoms with Gasteiger partial charge in [0.2, 0.25) is 0 Å². The van der Waals surface area contributed by atoms with Crippen molar-refractivity contribution in [2.75, 3.05) is 17.8 Å². The lowest BCUT2D eigenvalue weighted by Gasteiger charge is -2.43. The van der Waals surface area contributed by atoms with E-state index in [-0.39, 0.29) is 29.6 Å². The molecule has 2 fully saturated rings. The zero-order valence-corrected chi connectivity index (χ0v) is 24.4. The average Bonchev–Trinajstić information content (AvgIpc) is 3.53. The molecule has 1 aliphatic heterocycles. The fourth-order valence-electron chi connectivity index (χ4n) is 5.93. The van der Waals surface area contributed by atoms with E-state index in [9.17, 15) is 13.5 Å². The molecule has 218 valence electrons. The summed E-state index contributed by atoms with van der Waals surface area (Å²) in [6.07, 6.45) is 5.77. The minimum absolute atomic E-state index is 0.0146. The molecule has 0 bridgehead atoms. The molecule has 0 radical (unpaired) electrons. The number of aliphatic hydroxyl groups excluding tert-OH is 1. The molecule has 2 aliphatic rings. The molecule has 1 aliphatic carbocycles. The summed E-state index contributed by atoms with van der Waals surface area (Å²) in [4.78, 5) is 2.69. The SMILES string of the molecule is C=CCN(C[C@H]1O[C@@H](c2cccc(NS(=O)(=O)c3ccccc3)c2)O[C@@H](c2ccc(CO)cc2)[C@H]1C)C1CCCC1. The molecule has 1 heterocycles. The Kier molecular flexibility index (Phi) is 9.57. The van der Waals surface area contributed by atoms with Crippen LogP contribution < -0.4 is 4.72 Å². The minimum Gasteiger partial charge on any atom is -0.392 e. The summed E-state index contributed by atoms with van der Waals surface area (Å²) >= 11 is 0. The molecule has 7 nitrogen and oxygen atoms in total. The number of sulfonamides is 1. The molecule has 8 heteroatoms. The van der Waals surface area contributed by atoms with E-state index in [4.69, 9.17) is 9.47 Å². The van der Waals surface area contributed by atoms with Gasteiger partial charge in [-0.15, -0.1) is 6.58 Å². The first-order chi connectivity index (χ1) is 19.9. The Morgan fingerprint density at radius 3 is 2.39 bits per heavy atom. The van der Waals surface area contributed by atoms with Crippen LogP contribution in [-0.4, -0.2) is 43.7 Å². The normalized spacial score (nSPS) is 23.5. The largest absolute Gasteiger partial charge is 0.392 e. The summed E-state index contributed by atoms with van der Waals surface area (Å²) in [5.41, 5.74) is 3.04. The number of rotatable bonds is 11. The molecular weight excluding hydrogens is 536 g/mol. The van der Waals surface area contributed by atoms with Crippen LogP contribution in [0.4, 0.5) is 5.69 Å².